The van der Waals surface area contributed by atoms with Gasteiger partial charge in [0.05, 0.1) is 6.42 Å². The van der Waals surface area contributed by atoms with Crippen LogP contribution in [0.5, 0.6) is 0 Å². The molecule has 0 radical (unpaired) electrons. The number of nitrogens with zero attached hydrogens (tertiary/aromatic N) is 1. The van der Waals surface area contributed by atoms with E-state index < -0.39 is 5.97 Å². The minimum Gasteiger partial charge on any atom is -0.481 e. The Morgan fingerprint density at radius 2 is 1.76 bits per heavy atom. The highest BCUT2D eigenvalue weighted by Gasteiger charge is 2.20. The molecule has 1 saturated carbocycles. The first-order chi connectivity index (χ1) is 10.1. The SMILES string of the molecule is Cc1ccc(CN(CCC(=O)O)C2CCCCCC2)cc1. The summed E-state index contributed by atoms with van der Waals surface area (Å²) in [6.07, 6.45) is 7.88. The number of carbonyl (C=O) groups is 1. The monoisotopic (exact) mass is 289 g/mol. The van der Waals surface area contributed by atoms with Crippen LogP contribution in [-0.4, -0.2) is 28.6 Å². The molecule has 1 aromatic carbocycles. The van der Waals surface area contributed by atoms with Gasteiger partial charge in [0.25, 0.3) is 0 Å². The average Bonchev–Trinajstić information content (AvgIpc) is 2.74. The molecular formula is C18H27NO2. The summed E-state index contributed by atoms with van der Waals surface area (Å²) < 4.78 is 0. The summed E-state index contributed by atoms with van der Waals surface area (Å²) in [7, 11) is 0. The van der Waals surface area contributed by atoms with Gasteiger partial charge in [-0.05, 0) is 25.3 Å². The molecule has 3 nitrogen and oxygen atoms in total. The molecule has 0 amide bonds. The van der Waals surface area contributed by atoms with Crippen molar-refractivity contribution < 1.29 is 9.90 Å². The first kappa shape index (κ1) is 16.0. The molecule has 21 heavy (non-hydrogen) atoms. The van der Waals surface area contributed by atoms with E-state index in [0.29, 0.717) is 12.6 Å². The molecule has 0 spiro atoms. The van der Waals surface area contributed by atoms with E-state index in [2.05, 4.69) is 36.1 Å². The van der Waals surface area contributed by atoms with Crippen molar-refractivity contribution in [2.45, 2.75) is 64.5 Å². The summed E-state index contributed by atoms with van der Waals surface area (Å²) in [5.41, 5.74) is 2.56. The smallest absolute Gasteiger partial charge is 0.304 e. The minimum atomic E-state index is -0.697. The topological polar surface area (TPSA) is 40.5 Å². The van der Waals surface area contributed by atoms with E-state index in [9.17, 15) is 4.79 Å². The Labute approximate surface area is 128 Å². The van der Waals surface area contributed by atoms with Crippen LogP contribution in [0, 0.1) is 6.92 Å². The van der Waals surface area contributed by atoms with Gasteiger partial charge >= 0.3 is 5.97 Å². The molecule has 0 aliphatic heterocycles. The number of hydrogen-bond acceptors (Lipinski definition) is 2. The number of aryl methyl sites for hydroxylation is 1. The second-order valence-corrected chi connectivity index (χ2v) is 6.25. The Morgan fingerprint density at radius 1 is 1.14 bits per heavy atom. The van der Waals surface area contributed by atoms with Crippen LogP contribution in [0.25, 0.3) is 0 Å². The second-order valence-electron chi connectivity index (χ2n) is 6.25. The molecule has 1 fully saturated rings. The fourth-order valence-electron chi connectivity index (χ4n) is 3.18. The standard InChI is InChI=1S/C18H27NO2/c1-15-8-10-16(11-9-15)14-19(13-12-18(20)21)17-6-4-2-3-5-7-17/h8-11,17H,2-7,12-14H2,1H3,(H,20,21). The van der Waals surface area contributed by atoms with Gasteiger partial charge in [-0.2, -0.15) is 0 Å². The van der Waals surface area contributed by atoms with Crippen molar-refractivity contribution in [3.63, 3.8) is 0 Å². The van der Waals surface area contributed by atoms with E-state index in [-0.39, 0.29) is 6.42 Å². The van der Waals surface area contributed by atoms with Gasteiger partial charge in [0.15, 0.2) is 0 Å². The number of rotatable bonds is 6. The molecular weight excluding hydrogens is 262 g/mol. The molecule has 116 valence electrons. The van der Waals surface area contributed by atoms with Crippen molar-refractivity contribution in [2.75, 3.05) is 6.54 Å². The Balaban J connectivity index is 2.02. The van der Waals surface area contributed by atoms with Crippen LogP contribution in [0.2, 0.25) is 0 Å². The van der Waals surface area contributed by atoms with Gasteiger partial charge in [0, 0.05) is 19.1 Å². The highest BCUT2D eigenvalue weighted by Crippen LogP contribution is 2.23. The van der Waals surface area contributed by atoms with E-state index in [1.54, 1.807) is 0 Å². The largest absolute Gasteiger partial charge is 0.481 e. The Bertz CT molecular complexity index is 433. The molecule has 3 heteroatoms. The molecule has 0 atom stereocenters. The van der Waals surface area contributed by atoms with Gasteiger partial charge < -0.3 is 5.11 Å². The van der Waals surface area contributed by atoms with Gasteiger partial charge in [-0.25, -0.2) is 0 Å². The van der Waals surface area contributed by atoms with Crippen molar-refractivity contribution in [1.29, 1.82) is 0 Å². The van der Waals surface area contributed by atoms with Crippen LogP contribution in [0.3, 0.4) is 0 Å². The van der Waals surface area contributed by atoms with Crippen molar-refractivity contribution in [1.82, 2.24) is 4.90 Å². The first-order valence-electron chi connectivity index (χ1n) is 8.16. The zero-order valence-electron chi connectivity index (χ0n) is 13.1. The van der Waals surface area contributed by atoms with Gasteiger partial charge in [0.2, 0.25) is 0 Å². The highest BCUT2D eigenvalue weighted by atomic mass is 16.4. The van der Waals surface area contributed by atoms with Gasteiger partial charge in [-0.1, -0.05) is 55.5 Å². The summed E-state index contributed by atoms with van der Waals surface area (Å²) in [6.45, 7) is 3.63. The van der Waals surface area contributed by atoms with E-state index in [0.717, 1.165) is 6.54 Å². The van der Waals surface area contributed by atoms with Gasteiger partial charge in [0.1, 0.15) is 0 Å². The molecule has 2 rings (SSSR count). The van der Waals surface area contributed by atoms with Crippen molar-refractivity contribution in [3.8, 4) is 0 Å². The summed E-state index contributed by atoms with van der Waals surface area (Å²) >= 11 is 0. The molecule has 0 aromatic heterocycles. The maximum absolute atomic E-state index is 10.9. The van der Waals surface area contributed by atoms with Crippen LogP contribution in [0.15, 0.2) is 24.3 Å². The lowest BCUT2D eigenvalue weighted by Crippen LogP contribution is -2.36. The number of aliphatic carboxylic acids is 1. The van der Waals surface area contributed by atoms with E-state index in [4.69, 9.17) is 5.11 Å². The van der Waals surface area contributed by atoms with Gasteiger partial charge in [-0.3, -0.25) is 9.69 Å². The zero-order valence-corrected chi connectivity index (χ0v) is 13.1. The predicted octanol–water partition coefficient (Wildman–Crippen LogP) is 3.99. The first-order valence-corrected chi connectivity index (χ1v) is 8.16. The molecule has 1 aromatic rings. The second kappa shape index (κ2) is 8.18. The lowest BCUT2D eigenvalue weighted by molar-refractivity contribution is -0.137. The fraction of sp³-hybridized carbons (Fsp3) is 0.611. The Hall–Kier alpha value is -1.35. The van der Waals surface area contributed by atoms with E-state index in [1.807, 2.05) is 0 Å². The maximum atomic E-state index is 10.9. The predicted molar refractivity (Wildman–Crippen MR) is 85.3 cm³/mol. The fourth-order valence-corrected chi connectivity index (χ4v) is 3.18. The van der Waals surface area contributed by atoms with E-state index in [1.165, 1.54) is 49.7 Å². The third-order valence-electron chi connectivity index (χ3n) is 4.46. The van der Waals surface area contributed by atoms with Crippen molar-refractivity contribution in [3.05, 3.63) is 35.4 Å². The van der Waals surface area contributed by atoms with E-state index >= 15 is 0 Å². The summed E-state index contributed by atoms with van der Waals surface area (Å²) in [4.78, 5) is 13.3. The lowest BCUT2D eigenvalue weighted by atomic mass is 10.0. The third-order valence-corrected chi connectivity index (χ3v) is 4.46. The summed E-state index contributed by atoms with van der Waals surface area (Å²) in [5, 5.41) is 8.99. The number of benzene rings is 1. The maximum Gasteiger partial charge on any atom is 0.304 e. The van der Waals surface area contributed by atoms with Crippen molar-refractivity contribution in [2.24, 2.45) is 0 Å². The van der Waals surface area contributed by atoms with Crippen molar-refractivity contribution >= 4 is 5.97 Å². The minimum absolute atomic E-state index is 0.238. The van der Waals surface area contributed by atoms with Crippen LogP contribution >= 0.6 is 0 Å². The Morgan fingerprint density at radius 3 is 2.33 bits per heavy atom. The highest BCUT2D eigenvalue weighted by molar-refractivity contribution is 5.66. The van der Waals surface area contributed by atoms with Crippen LogP contribution < -0.4 is 0 Å². The zero-order chi connectivity index (χ0) is 15.1. The number of carboxylic acid groups (broad SMARTS) is 1. The summed E-state index contributed by atoms with van der Waals surface area (Å²) in [6, 6.07) is 9.16. The molecule has 0 bridgehead atoms. The summed E-state index contributed by atoms with van der Waals surface area (Å²) in [5.74, 6) is -0.697. The van der Waals surface area contributed by atoms with Crippen LogP contribution in [-0.2, 0) is 11.3 Å². The molecule has 1 aliphatic rings. The lowest BCUT2D eigenvalue weighted by Gasteiger charge is -2.31. The Kier molecular flexibility index (Phi) is 6.24. The van der Waals surface area contributed by atoms with Gasteiger partial charge in [-0.15, -0.1) is 0 Å². The number of carboxylic acids is 1. The third kappa shape index (κ3) is 5.50. The number of hydrogen-bond donors (Lipinski definition) is 1. The molecule has 0 saturated heterocycles. The average molecular weight is 289 g/mol. The van der Waals surface area contributed by atoms with Crippen LogP contribution in [0.1, 0.15) is 56.1 Å². The quantitative estimate of drug-likeness (QED) is 0.805. The normalized spacial score (nSPS) is 16.9. The molecule has 1 N–H and O–H groups in total. The molecule has 1 aliphatic carbocycles. The van der Waals surface area contributed by atoms with Crippen LogP contribution in [0.4, 0.5) is 0 Å². The molecule has 0 heterocycles. The molecule has 0 unspecified atom stereocenters.